The minimum atomic E-state index is -0.449. The number of amides is 2. The molecule has 118 valence electrons. The molecule has 0 radical (unpaired) electrons. The van der Waals surface area contributed by atoms with E-state index in [0.29, 0.717) is 13.1 Å². The predicted octanol–water partition coefficient (Wildman–Crippen LogP) is 1.55. The molecule has 2 rings (SSSR count). The van der Waals surface area contributed by atoms with Gasteiger partial charge in [0.05, 0.1) is 10.9 Å². The molecule has 0 aliphatic carbocycles. The fourth-order valence-corrected chi connectivity index (χ4v) is 3.12. The molecule has 21 heavy (non-hydrogen) atoms. The molecule has 1 aromatic heterocycles. The third-order valence-electron chi connectivity index (χ3n) is 3.50. The van der Waals surface area contributed by atoms with Crippen molar-refractivity contribution in [3.05, 3.63) is 21.9 Å². The van der Waals surface area contributed by atoms with E-state index in [1.54, 1.807) is 11.8 Å². The topological polar surface area (TPSA) is 75.4 Å². The van der Waals surface area contributed by atoms with Crippen molar-refractivity contribution in [1.29, 1.82) is 0 Å². The van der Waals surface area contributed by atoms with Crippen LogP contribution in [0.4, 0.5) is 0 Å². The van der Waals surface area contributed by atoms with E-state index in [2.05, 4.69) is 5.32 Å². The summed E-state index contributed by atoms with van der Waals surface area (Å²) in [5.74, 6) is -0.0243. The molecule has 3 N–H and O–H groups in total. The number of carbonyl (C=O) groups excluding carboxylic acids is 2. The number of hydrogen-bond acceptors (Lipinski definition) is 4. The molecule has 2 amide bonds. The van der Waals surface area contributed by atoms with Gasteiger partial charge in [-0.3, -0.25) is 9.59 Å². The molecular formula is C14H22ClN3O2S. The van der Waals surface area contributed by atoms with Crippen molar-refractivity contribution in [2.45, 2.75) is 38.8 Å². The van der Waals surface area contributed by atoms with Crippen molar-refractivity contribution in [2.75, 3.05) is 13.1 Å². The molecule has 0 spiro atoms. The van der Waals surface area contributed by atoms with Crippen LogP contribution < -0.4 is 11.1 Å². The fraction of sp³-hybridized carbons (Fsp3) is 0.571. The second-order valence-electron chi connectivity index (χ2n) is 5.27. The lowest BCUT2D eigenvalue weighted by Crippen LogP contribution is -2.50. The number of carbonyl (C=O) groups is 2. The first-order chi connectivity index (χ1) is 9.47. The third-order valence-corrected chi connectivity index (χ3v) is 4.49. The normalized spacial score (nSPS) is 17.0. The van der Waals surface area contributed by atoms with Crippen LogP contribution in [0, 0.1) is 6.92 Å². The Bertz CT molecular complexity index is 496. The third kappa shape index (κ3) is 4.69. The smallest absolute Gasteiger partial charge is 0.261 e. The van der Waals surface area contributed by atoms with Crippen molar-refractivity contribution in [3.8, 4) is 0 Å². The zero-order chi connectivity index (χ0) is 14.7. The van der Waals surface area contributed by atoms with Crippen molar-refractivity contribution in [1.82, 2.24) is 10.2 Å². The average molecular weight is 332 g/mol. The molecule has 7 heteroatoms. The number of piperidine rings is 1. The lowest BCUT2D eigenvalue weighted by Gasteiger charge is -2.33. The van der Waals surface area contributed by atoms with E-state index >= 15 is 0 Å². The van der Waals surface area contributed by atoms with Gasteiger partial charge in [-0.25, -0.2) is 0 Å². The van der Waals surface area contributed by atoms with Gasteiger partial charge in [0.2, 0.25) is 5.91 Å². The average Bonchev–Trinajstić information content (AvgIpc) is 2.85. The highest BCUT2D eigenvalue weighted by Crippen LogP contribution is 2.17. The van der Waals surface area contributed by atoms with Gasteiger partial charge in [0.25, 0.3) is 5.91 Å². The first-order valence-electron chi connectivity index (χ1n) is 6.89. The molecule has 0 saturated carbocycles. The standard InChI is InChI=1S/C14H21N3O2S.ClH/c1-9-3-4-12(20-9)13(18)16-11-5-7-17(8-6-11)14(19)10(2)15;/h3-4,10-11H,5-8,15H2,1-2H3,(H,16,18);1H/t10-;/m1./s1. The second-order valence-corrected chi connectivity index (χ2v) is 6.56. The highest BCUT2D eigenvalue weighted by molar-refractivity contribution is 7.13. The summed E-state index contributed by atoms with van der Waals surface area (Å²) >= 11 is 1.50. The monoisotopic (exact) mass is 331 g/mol. The number of thiophene rings is 1. The van der Waals surface area contributed by atoms with Crippen LogP contribution in [0.2, 0.25) is 0 Å². The first-order valence-corrected chi connectivity index (χ1v) is 7.70. The second kappa shape index (κ2) is 7.77. The van der Waals surface area contributed by atoms with Gasteiger partial charge < -0.3 is 16.0 Å². The number of nitrogens with one attached hydrogen (secondary N) is 1. The molecule has 0 bridgehead atoms. The van der Waals surface area contributed by atoms with Gasteiger partial charge in [0.1, 0.15) is 0 Å². The molecule has 1 atom stereocenters. The summed E-state index contributed by atoms with van der Waals surface area (Å²) in [6.45, 7) is 5.01. The molecule has 1 aromatic rings. The number of aryl methyl sites for hydroxylation is 1. The van der Waals surface area contributed by atoms with Crippen LogP contribution in [0.15, 0.2) is 12.1 Å². The number of nitrogens with two attached hydrogens (primary N) is 1. The minimum absolute atomic E-state index is 0. The predicted molar refractivity (Wildman–Crippen MR) is 87.0 cm³/mol. The fourth-order valence-electron chi connectivity index (χ4n) is 2.35. The number of rotatable bonds is 3. The Labute approximate surface area is 135 Å². The van der Waals surface area contributed by atoms with E-state index in [-0.39, 0.29) is 30.3 Å². The van der Waals surface area contributed by atoms with Crippen LogP contribution in [0.5, 0.6) is 0 Å². The zero-order valence-corrected chi connectivity index (χ0v) is 13.9. The lowest BCUT2D eigenvalue weighted by atomic mass is 10.0. The van der Waals surface area contributed by atoms with Crippen LogP contribution >= 0.6 is 23.7 Å². The quantitative estimate of drug-likeness (QED) is 0.882. The van der Waals surface area contributed by atoms with Gasteiger partial charge in [-0.2, -0.15) is 0 Å². The molecule has 1 fully saturated rings. The van der Waals surface area contributed by atoms with E-state index in [9.17, 15) is 9.59 Å². The van der Waals surface area contributed by atoms with E-state index < -0.39 is 6.04 Å². The summed E-state index contributed by atoms with van der Waals surface area (Å²) in [6, 6.07) is 3.49. The molecule has 0 aromatic carbocycles. The summed E-state index contributed by atoms with van der Waals surface area (Å²) in [6.07, 6.45) is 1.57. The van der Waals surface area contributed by atoms with E-state index in [1.807, 2.05) is 19.1 Å². The zero-order valence-electron chi connectivity index (χ0n) is 12.3. The van der Waals surface area contributed by atoms with Crippen molar-refractivity contribution >= 4 is 35.6 Å². The Morgan fingerprint density at radius 1 is 1.38 bits per heavy atom. The molecule has 0 unspecified atom stereocenters. The Hall–Kier alpha value is -1.11. The van der Waals surface area contributed by atoms with E-state index in [0.717, 1.165) is 22.6 Å². The SMILES string of the molecule is Cc1ccc(C(=O)NC2CCN(C(=O)[C@@H](C)N)CC2)s1.Cl. The van der Waals surface area contributed by atoms with E-state index in [1.165, 1.54) is 11.3 Å². The first kappa shape index (κ1) is 17.9. The maximum Gasteiger partial charge on any atom is 0.261 e. The Balaban J connectivity index is 0.00000220. The number of nitrogens with zero attached hydrogens (tertiary/aromatic N) is 1. The molecule has 5 nitrogen and oxygen atoms in total. The van der Waals surface area contributed by atoms with Crippen LogP contribution in [-0.4, -0.2) is 41.9 Å². The van der Waals surface area contributed by atoms with Crippen molar-refractivity contribution < 1.29 is 9.59 Å². The van der Waals surface area contributed by atoms with Gasteiger partial charge in [-0.1, -0.05) is 0 Å². The highest BCUT2D eigenvalue weighted by Gasteiger charge is 2.25. The number of likely N-dealkylation sites (tertiary alicyclic amines) is 1. The van der Waals surface area contributed by atoms with Gasteiger partial charge in [-0.05, 0) is 38.8 Å². The maximum absolute atomic E-state index is 12.0. The summed E-state index contributed by atoms with van der Waals surface area (Å²) in [7, 11) is 0. The molecule has 1 saturated heterocycles. The van der Waals surface area contributed by atoms with Crippen LogP contribution in [-0.2, 0) is 4.79 Å². The molecular weight excluding hydrogens is 310 g/mol. The Kier molecular flexibility index (Phi) is 6.64. The molecule has 1 aliphatic rings. The highest BCUT2D eigenvalue weighted by atomic mass is 35.5. The van der Waals surface area contributed by atoms with Crippen LogP contribution in [0.1, 0.15) is 34.3 Å². The molecule has 2 heterocycles. The lowest BCUT2D eigenvalue weighted by molar-refractivity contribution is -0.133. The van der Waals surface area contributed by atoms with Crippen molar-refractivity contribution in [3.63, 3.8) is 0 Å². The summed E-state index contributed by atoms with van der Waals surface area (Å²) in [5.41, 5.74) is 5.60. The number of hydrogen-bond donors (Lipinski definition) is 2. The van der Waals surface area contributed by atoms with Crippen LogP contribution in [0.3, 0.4) is 0 Å². The maximum atomic E-state index is 12.0. The van der Waals surface area contributed by atoms with Gasteiger partial charge in [0, 0.05) is 24.0 Å². The Morgan fingerprint density at radius 3 is 2.48 bits per heavy atom. The summed E-state index contributed by atoms with van der Waals surface area (Å²) < 4.78 is 0. The van der Waals surface area contributed by atoms with Crippen LogP contribution in [0.25, 0.3) is 0 Å². The van der Waals surface area contributed by atoms with E-state index in [4.69, 9.17) is 5.73 Å². The minimum Gasteiger partial charge on any atom is -0.348 e. The summed E-state index contributed by atoms with van der Waals surface area (Å²) in [4.78, 5) is 27.5. The largest absolute Gasteiger partial charge is 0.348 e. The van der Waals surface area contributed by atoms with Crippen molar-refractivity contribution in [2.24, 2.45) is 5.73 Å². The van der Waals surface area contributed by atoms with Gasteiger partial charge >= 0.3 is 0 Å². The Morgan fingerprint density at radius 2 is 2.00 bits per heavy atom. The van der Waals surface area contributed by atoms with Gasteiger partial charge in [0.15, 0.2) is 0 Å². The number of halogens is 1. The molecule has 1 aliphatic heterocycles. The van der Waals surface area contributed by atoms with Gasteiger partial charge in [-0.15, -0.1) is 23.7 Å². The summed E-state index contributed by atoms with van der Waals surface area (Å²) in [5, 5.41) is 3.04.